The maximum absolute atomic E-state index is 4.44. The lowest BCUT2D eigenvalue weighted by molar-refractivity contribution is 0.338. The molecule has 0 aromatic carbocycles. The van der Waals surface area contributed by atoms with E-state index in [-0.39, 0.29) is 0 Å². The van der Waals surface area contributed by atoms with Crippen LogP contribution in [0.15, 0.2) is 12.4 Å². The Balaban J connectivity index is 2.00. The van der Waals surface area contributed by atoms with Crippen molar-refractivity contribution in [3.05, 3.63) is 12.4 Å². The molecule has 0 amide bonds. The summed E-state index contributed by atoms with van der Waals surface area (Å²) < 4.78 is 2.25. The number of aromatic nitrogens is 2. The van der Waals surface area contributed by atoms with Gasteiger partial charge >= 0.3 is 0 Å². The van der Waals surface area contributed by atoms with Gasteiger partial charge in [0.15, 0.2) is 0 Å². The molecule has 1 unspecified atom stereocenters. The highest BCUT2D eigenvalue weighted by molar-refractivity contribution is 5.28. The average Bonchev–Trinajstić information content (AvgIpc) is 2.88. The predicted molar refractivity (Wildman–Crippen MR) is 71.4 cm³/mol. The molecule has 1 aromatic heterocycles. The Kier molecular flexibility index (Phi) is 4.05. The van der Waals surface area contributed by atoms with Gasteiger partial charge in [-0.3, -0.25) is 0 Å². The zero-order chi connectivity index (χ0) is 12.3. The van der Waals surface area contributed by atoms with Crippen LogP contribution < -0.4 is 5.32 Å². The van der Waals surface area contributed by atoms with E-state index in [2.05, 4.69) is 47.0 Å². The predicted octanol–water partition coefficient (Wildman–Crippen LogP) is 2.36. The second-order valence-electron chi connectivity index (χ2n) is 5.40. The van der Waals surface area contributed by atoms with Gasteiger partial charge < -0.3 is 14.8 Å². The van der Waals surface area contributed by atoms with Crippen LogP contribution in [0.5, 0.6) is 0 Å². The second kappa shape index (κ2) is 5.54. The van der Waals surface area contributed by atoms with E-state index in [1.807, 2.05) is 6.20 Å². The fourth-order valence-corrected chi connectivity index (χ4v) is 2.65. The molecule has 1 fully saturated rings. The summed E-state index contributed by atoms with van der Waals surface area (Å²) in [5.74, 6) is 1.03. The van der Waals surface area contributed by atoms with Crippen molar-refractivity contribution in [2.75, 3.05) is 26.0 Å². The molecule has 17 heavy (non-hydrogen) atoms. The highest BCUT2D eigenvalue weighted by Gasteiger charge is 2.18. The van der Waals surface area contributed by atoms with Crippen LogP contribution in [0.3, 0.4) is 0 Å². The minimum atomic E-state index is 0.455. The van der Waals surface area contributed by atoms with E-state index in [9.17, 15) is 0 Å². The van der Waals surface area contributed by atoms with Crippen LogP contribution in [0.4, 0.5) is 5.95 Å². The Morgan fingerprint density at radius 3 is 2.82 bits per heavy atom. The Bertz CT molecular complexity index is 339. The first-order chi connectivity index (χ1) is 8.16. The lowest BCUT2D eigenvalue weighted by Gasteiger charge is -2.22. The lowest BCUT2D eigenvalue weighted by atomic mass is 10.2. The number of hydrogen-bond donors (Lipinski definition) is 1. The Morgan fingerprint density at radius 1 is 1.47 bits per heavy atom. The van der Waals surface area contributed by atoms with Gasteiger partial charge in [-0.1, -0.05) is 12.8 Å². The first-order valence-corrected chi connectivity index (χ1v) is 6.61. The fraction of sp³-hybridized carbons (Fsp3) is 0.769. The third-order valence-corrected chi connectivity index (χ3v) is 3.46. The van der Waals surface area contributed by atoms with Gasteiger partial charge in [-0.05, 0) is 33.9 Å². The lowest BCUT2D eigenvalue weighted by Crippen LogP contribution is -2.25. The Hall–Kier alpha value is -1.03. The summed E-state index contributed by atoms with van der Waals surface area (Å²) in [4.78, 5) is 6.65. The number of anilines is 1. The molecular weight excluding hydrogens is 212 g/mol. The first kappa shape index (κ1) is 12.4. The maximum atomic E-state index is 4.44. The van der Waals surface area contributed by atoms with E-state index in [1.54, 1.807) is 0 Å². The summed E-state index contributed by atoms with van der Waals surface area (Å²) in [7, 11) is 4.22. The van der Waals surface area contributed by atoms with Gasteiger partial charge in [-0.2, -0.15) is 0 Å². The van der Waals surface area contributed by atoms with E-state index >= 15 is 0 Å². The minimum Gasteiger partial charge on any atom is -0.353 e. The zero-order valence-electron chi connectivity index (χ0n) is 11.2. The summed E-state index contributed by atoms with van der Waals surface area (Å²) in [6.07, 6.45) is 9.25. The SMILES string of the molecule is CC(CN(C)C)n1ccnc1NC1CCCC1. The molecule has 4 nitrogen and oxygen atoms in total. The van der Waals surface area contributed by atoms with E-state index in [1.165, 1.54) is 25.7 Å². The van der Waals surface area contributed by atoms with Crippen LogP contribution in [0.2, 0.25) is 0 Å². The number of imidazole rings is 1. The maximum Gasteiger partial charge on any atom is 0.203 e. The molecule has 0 spiro atoms. The molecule has 1 saturated carbocycles. The average molecular weight is 236 g/mol. The molecule has 1 heterocycles. The van der Waals surface area contributed by atoms with Gasteiger partial charge in [-0.15, -0.1) is 0 Å². The van der Waals surface area contributed by atoms with E-state index in [4.69, 9.17) is 0 Å². The molecule has 1 atom stereocenters. The standard InChI is InChI=1S/C13H24N4/c1-11(10-16(2)3)17-9-8-14-13(17)15-12-6-4-5-7-12/h8-9,11-12H,4-7,10H2,1-3H3,(H,14,15). The molecule has 1 N–H and O–H groups in total. The first-order valence-electron chi connectivity index (χ1n) is 6.61. The second-order valence-corrected chi connectivity index (χ2v) is 5.40. The van der Waals surface area contributed by atoms with Crippen LogP contribution in [0, 0.1) is 0 Å². The third kappa shape index (κ3) is 3.22. The van der Waals surface area contributed by atoms with Crippen molar-refractivity contribution >= 4 is 5.95 Å². The highest BCUT2D eigenvalue weighted by Crippen LogP contribution is 2.23. The molecule has 0 bridgehead atoms. The van der Waals surface area contributed by atoms with Crippen molar-refractivity contribution in [1.29, 1.82) is 0 Å². The summed E-state index contributed by atoms with van der Waals surface area (Å²) in [5, 5.41) is 3.58. The fourth-order valence-electron chi connectivity index (χ4n) is 2.65. The van der Waals surface area contributed by atoms with E-state index in [0.29, 0.717) is 12.1 Å². The summed E-state index contributed by atoms with van der Waals surface area (Å²) >= 11 is 0. The molecule has 0 aliphatic heterocycles. The van der Waals surface area contributed by atoms with Crippen LogP contribution in [-0.2, 0) is 0 Å². The highest BCUT2D eigenvalue weighted by atomic mass is 15.2. The van der Waals surface area contributed by atoms with E-state index < -0.39 is 0 Å². The largest absolute Gasteiger partial charge is 0.353 e. The van der Waals surface area contributed by atoms with Crippen LogP contribution in [0.1, 0.15) is 38.6 Å². The van der Waals surface area contributed by atoms with Crippen LogP contribution in [-0.4, -0.2) is 41.1 Å². The molecule has 0 radical (unpaired) electrons. The van der Waals surface area contributed by atoms with Crippen molar-refractivity contribution in [1.82, 2.24) is 14.5 Å². The molecule has 96 valence electrons. The monoisotopic (exact) mass is 236 g/mol. The Labute approximate surface area is 104 Å². The molecular formula is C13H24N4. The molecule has 4 heteroatoms. The number of rotatable bonds is 5. The van der Waals surface area contributed by atoms with Gasteiger partial charge in [-0.25, -0.2) is 4.98 Å². The topological polar surface area (TPSA) is 33.1 Å². The number of likely N-dealkylation sites (N-methyl/N-ethyl adjacent to an activating group) is 1. The van der Waals surface area contributed by atoms with E-state index in [0.717, 1.165) is 12.5 Å². The molecule has 1 aromatic rings. The number of nitrogens with zero attached hydrogens (tertiary/aromatic N) is 3. The third-order valence-electron chi connectivity index (χ3n) is 3.46. The van der Waals surface area contributed by atoms with Crippen molar-refractivity contribution in [3.8, 4) is 0 Å². The van der Waals surface area contributed by atoms with Gasteiger partial charge in [0.1, 0.15) is 0 Å². The summed E-state index contributed by atoms with van der Waals surface area (Å²) in [6.45, 7) is 3.28. The molecule has 1 aliphatic carbocycles. The van der Waals surface area contributed by atoms with Crippen molar-refractivity contribution in [2.45, 2.75) is 44.7 Å². The normalized spacial score (nSPS) is 18.8. The molecule has 0 saturated heterocycles. The molecule has 1 aliphatic rings. The van der Waals surface area contributed by atoms with Gasteiger partial charge in [0, 0.05) is 31.0 Å². The zero-order valence-corrected chi connectivity index (χ0v) is 11.2. The Morgan fingerprint density at radius 2 is 2.18 bits per heavy atom. The van der Waals surface area contributed by atoms with Gasteiger partial charge in [0.05, 0.1) is 0 Å². The number of nitrogens with one attached hydrogen (secondary N) is 1. The van der Waals surface area contributed by atoms with Gasteiger partial charge in [0.25, 0.3) is 0 Å². The molecule has 2 rings (SSSR count). The van der Waals surface area contributed by atoms with Crippen LogP contribution in [0.25, 0.3) is 0 Å². The van der Waals surface area contributed by atoms with Gasteiger partial charge in [0.2, 0.25) is 5.95 Å². The number of hydrogen-bond acceptors (Lipinski definition) is 3. The quantitative estimate of drug-likeness (QED) is 0.852. The summed E-state index contributed by atoms with van der Waals surface area (Å²) in [6, 6.07) is 1.08. The van der Waals surface area contributed by atoms with Crippen LogP contribution >= 0.6 is 0 Å². The summed E-state index contributed by atoms with van der Waals surface area (Å²) in [5.41, 5.74) is 0. The minimum absolute atomic E-state index is 0.455. The van der Waals surface area contributed by atoms with Crippen molar-refractivity contribution in [2.24, 2.45) is 0 Å². The smallest absolute Gasteiger partial charge is 0.203 e. The van der Waals surface area contributed by atoms with Crippen molar-refractivity contribution in [3.63, 3.8) is 0 Å². The van der Waals surface area contributed by atoms with Crippen molar-refractivity contribution < 1.29 is 0 Å².